The molecule has 6 heteroatoms. The highest BCUT2D eigenvalue weighted by molar-refractivity contribution is 5.95. The maximum absolute atomic E-state index is 13.1. The molecule has 1 amide bonds. The summed E-state index contributed by atoms with van der Waals surface area (Å²) in [6.45, 7) is 2.35. The first-order chi connectivity index (χ1) is 16.7. The van der Waals surface area contributed by atoms with Gasteiger partial charge in [-0.25, -0.2) is 14.5 Å². The van der Waals surface area contributed by atoms with Crippen LogP contribution in [-0.2, 0) is 27.1 Å². The molecule has 1 aliphatic carbocycles. The average Bonchev–Trinajstić information content (AvgIpc) is 2.87. The lowest BCUT2D eigenvalue weighted by Gasteiger charge is -2.27. The minimum atomic E-state index is -0.394. The van der Waals surface area contributed by atoms with E-state index in [2.05, 4.69) is 6.07 Å². The topological polar surface area (TPSA) is 65.1 Å². The molecule has 0 radical (unpaired) electrons. The van der Waals surface area contributed by atoms with Gasteiger partial charge in [-0.05, 0) is 73.6 Å². The van der Waals surface area contributed by atoms with E-state index in [0.29, 0.717) is 13.2 Å². The molecule has 4 rings (SSSR count). The zero-order valence-corrected chi connectivity index (χ0v) is 19.3. The van der Waals surface area contributed by atoms with Crippen LogP contribution >= 0.6 is 0 Å². The van der Waals surface area contributed by atoms with Crippen molar-refractivity contribution < 1.29 is 23.8 Å². The molecule has 176 valence electrons. The highest BCUT2D eigenvalue weighted by Crippen LogP contribution is 2.33. The smallest absolute Gasteiger partial charge is 0.418 e. The number of amides is 1. The largest absolute Gasteiger partial charge is 0.482 e. The number of benzene rings is 3. The number of ether oxygens (including phenoxy) is 3. The summed E-state index contributed by atoms with van der Waals surface area (Å²) in [5.74, 6) is 0.563. The number of rotatable bonds is 8. The highest BCUT2D eigenvalue weighted by Gasteiger charge is 2.25. The van der Waals surface area contributed by atoms with E-state index in [1.165, 1.54) is 0 Å². The monoisotopic (exact) mass is 459 g/mol. The molecule has 0 bridgehead atoms. The fourth-order valence-electron chi connectivity index (χ4n) is 4.23. The zero-order chi connectivity index (χ0) is 23.8. The van der Waals surface area contributed by atoms with Crippen molar-refractivity contribution in [1.29, 1.82) is 0 Å². The van der Waals surface area contributed by atoms with Crippen molar-refractivity contribution in [2.75, 3.05) is 24.7 Å². The van der Waals surface area contributed by atoms with Crippen LogP contribution in [0.4, 0.5) is 16.2 Å². The summed E-state index contributed by atoms with van der Waals surface area (Å²) in [7, 11) is 0. The van der Waals surface area contributed by atoms with Crippen molar-refractivity contribution in [3.63, 3.8) is 0 Å². The van der Waals surface area contributed by atoms with E-state index in [-0.39, 0.29) is 18.5 Å². The number of hydrogen-bond donors (Lipinski definition) is 0. The molecule has 0 spiro atoms. The summed E-state index contributed by atoms with van der Waals surface area (Å²) in [6.07, 6.45) is 2.07. The average molecular weight is 460 g/mol. The number of hydrogen-bond acceptors (Lipinski definition) is 5. The Morgan fingerprint density at radius 1 is 0.882 bits per heavy atom. The van der Waals surface area contributed by atoms with Gasteiger partial charge >= 0.3 is 12.1 Å². The Bertz CT molecular complexity index is 1060. The maximum Gasteiger partial charge on any atom is 0.418 e. The number of carbonyl (C=O) groups is 2. The molecule has 0 fully saturated rings. The highest BCUT2D eigenvalue weighted by atomic mass is 16.6. The van der Waals surface area contributed by atoms with Crippen molar-refractivity contribution in [2.24, 2.45) is 5.92 Å². The lowest BCUT2D eigenvalue weighted by atomic mass is 9.84. The predicted octanol–water partition coefficient (Wildman–Crippen LogP) is 5.71. The molecule has 6 nitrogen and oxygen atoms in total. The maximum atomic E-state index is 13.1. The van der Waals surface area contributed by atoms with E-state index >= 15 is 0 Å². The fourth-order valence-corrected chi connectivity index (χ4v) is 4.23. The van der Waals surface area contributed by atoms with Gasteiger partial charge in [0, 0.05) is 0 Å². The molecule has 0 aromatic heterocycles. The van der Waals surface area contributed by atoms with Crippen LogP contribution in [0.3, 0.4) is 0 Å². The summed E-state index contributed by atoms with van der Waals surface area (Å²) < 4.78 is 16.5. The Morgan fingerprint density at radius 2 is 1.56 bits per heavy atom. The molecule has 0 aliphatic heterocycles. The van der Waals surface area contributed by atoms with Crippen LogP contribution in [0, 0.1) is 5.92 Å². The lowest BCUT2D eigenvalue weighted by Crippen LogP contribution is -2.30. The minimum Gasteiger partial charge on any atom is -0.482 e. The van der Waals surface area contributed by atoms with Crippen LogP contribution in [0.2, 0.25) is 0 Å². The molecule has 1 aliphatic rings. The summed E-state index contributed by atoms with van der Waals surface area (Å²) in [5, 5.41) is 0. The third kappa shape index (κ3) is 5.76. The second kappa shape index (κ2) is 11.4. The van der Waals surface area contributed by atoms with Gasteiger partial charge < -0.3 is 14.2 Å². The van der Waals surface area contributed by atoms with Gasteiger partial charge in [0.1, 0.15) is 5.75 Å². The summed E-state index contributed by atoms with van der Waals surface area (Å²) in [5.41, 5.74) is 3.80. The van der Waals surface area contributed by atoms with Gasteiger partial charge in [-0.3, -0.25) is 0 Å². The van der Waals surface area contributed by atoms with E-state index in [0.717, 1.165) is 47.5 Å². The first-order valence-electron chi connectivity index (χ1n) is 11.6. The SMILES string of the molecule is CCOC(=O)COc1cccc2c1CCC(COC(=O)N(c1ccccc1)c1ccccc1)C2. The molecular weight excluding hydrogens is 430 g/mol. The summed E-state index contributed by atoms with van der Waals surface area (Å²) in [4.78, 5) is 26.4. The number of anilines is 2. The third-order valence-corrected chi connectivity index (χ3v) is 5.85. The van der Waals surface area contributed by atoms with E-state index in [1.54, 1.807) is 11.8 Å². The van der Waals surface area contributed by atoms with E-state index in [4.69, 9.17) is 14.2 Å². The van der Waals surface area contributed by atoms with Crippen molar-refractivity contribution in [1.82, 2.24) is 0 Å². The Balaban J connectivity index is 1.40. The van der Waals surface area contributed by atoms with Crippen molar-refractivity contribution in [3.8, 4) is 5.75 Å². The van der Waals surface area contributed by atoms with E-state index < -0.39 is 6.09 Å². The Kier molecular flexibility index (Phi) is 7.81. The van der Waals surface area contributed by atoms with Crippen molar-refractivity contribution in [3.05, 3.63) is 90.0 Å². The predicted molar refractivity (Wildman–Crippen MR) is 130 cm³/mol. The number of para-hydroxylation sites is 2. The lowest BCUT2D eigenvalue weighted by molar-refractivity contribution is -0.145. The van der Waals surface area contributed by atoms with Crippen molar-refractivity contribution in [2.45, 2.75) is 26.2 Å². The standard InChI is InChI=1S/C28H29NO5/c1-2-32-27(30)20-33-26-15-9-10-22-18-21(16-17-25(22)26)19-34-28(31)29(23-11-5-3-6-12-23)24-13-7-4-8-14-24/h3-15,21H,2,16-20H2,1H3. The normalized spacial score (nSPS) is 14.6. The molecule has 3 aromatic rings. The quantitative estimate of drug-likeness (QED) is 0.404. The first-order valence-corrected chi connectivity index (χ1v) is 11.6. The molecule has 0 N–H and O–H groups in total. The molecule has 1 atom stereocenters. The van der Waals surface area contributed by atoms with Crippen molar-refractivity contribution >= 4 is 23.4 Å². The first kappa shape index (κ1) is 23.4. The minimum absolute atomic E-state index is 0.0971. The Hall–Kier alpha value is -3.80. The van der Waals surface area contributed by atoms with Gasteiger partial charge in [0.25, 0.3) is 0 Å². The zero-order valence-electron chi connectivity index (χ0n) is 19.3. The molecule has 1 unspecified atom stereocenters. The summed E-state index contributed by atoms with van der Waals surface area (Å²) in [6, 6.07) is 24.9. The number of esters is 1. The fraction of sp³-hybridized carbons (Fsp3) is 0.286. The van der Waals surface area contributed by atoms with Gasteiger partial charge in [0.15, 0.2) is 6.61 Å². The second-order valence-corrected chi connectivity index (χ2v) is 8.18. The van der Waals surface area contributed by atoms with E-state index in [1.807, 2.05) is 72.8 Å². The van der Waals surface area contributed by atoms with Crippen LogP contribution in [0.5, 0.6) is 5.75 Å². The van der Waals surface area contributed by atoms with Crippen LogP contribution in [0.1, 0.15) is 24.5 Å². The van der Waals surface area contributed by atoms with Crippen LogP contribution in [0.25, 0.3) is 0 Å². The molecular formula is C28H29NO5. The molecule has 0 saturated carbocycles. The van der Waals surface area contributed by atoms with Crippen LogP contribution in [0.15, 0.2) is 78.9 Å². The third-order valence-electron chi connectivity index (χ3n) is 5.85. The van der Waals surface area contributed by atoms with Gasteiger partial charge in [-0.1, -0.05) is 48.5 Å². The molecule has 0 saturated heterocycles. The second-order valence-electron chi connectivity index (χ2n) is 8.18. The Morgan fingerprint density at radius 3 is 2.21 bits per heavy atom. The number of carbonyl (C=O) groups excluding carboxylic acids is 2. The van der Waals surface area contributed by atoms with Gasteiger partial charge in [-0.2, -0.15) is 0 Å². The molecule has 3 aromatic carbocycles. The number of nitrogens with zero attached hydrogens (tertiary/aromatic N) is 1. The Labute approximate surface area is 200 Å². The van der Waals surface area contributed by atoms with Crippen LogP contribution < -0.4 is 9.64 Å². The molecule has 0 heterocycles. The summed E-state index contributed by atoms with van der Waals surface area (Å²) >= 11 is 0. The van der Waals surface area contributed by atoms with Gasteiger partial charge in [-0.15, -0.1) is 0 Å². The van der Waals surface area contributed by atoms with Gasteiger partial charge in [0.05, 0.1) is 24.6 Å². The number of fused-ring (bicyclic) bond motifs is 1. The van der Waals surface area contributed by atoms with Crippen LogP contribution in [-0.4, -0.2) is 31.9 Å². The van der Waals surface area contributed by atoms with E-state index in [9.17, 15) is 9.59 Å². The molecule has 34 heavy (non-hydrogen) atoms. The van der Waals surface area contributed by atoms with Gasteiger partial charge in [0.2, 0.25) is 0 Å².